The fourth-order valence-electron chi connectivity index (χ4n) is 3.82. The second-order valence-electron chi connectivity index (χ2n) is 7.09. The summed E-state index contributed by atoms with van der Waals surface area (Å²) >= 11 is 0. The molecular formula is C21H26F2N4. The van der Waals surface area contributed by atoms with Crippen LogP contribution >= 0.6 is 0 Å². The molecular weight excluding hydrogens is 346 g/mol. The molecule has 1 aromatic heterocycles. The van der Waals surface area contributed by atoms with E-state index < -0.39 is 11.6 Å². The molecule has 1 aromatic carbocycles. The fraction of sp³-hybridized carbons (Fsp3) is 0.381. The van der Waals surface area contributed by atoms with E-state index in [1.165, 1.54) is 0 Å². The van der Waals surface area contributed by atoms with Crippen LogP contribution in [0.5, 0.6) is 0 Å². The zero-order valence-electron chi connectivity index (χ0n) is 15.6. The fourth-order valence-corrected chi connectivity index (χ4v) is 3.82. The second-order valence-corrected chi connectivity index (χ2v) is 7.09. The average molecular weight is 372 g/mol. The van der Waals surface area contributed by atoms with E-state index in [2.05, 4.69) is 21.7 Å². The lowest BCUT2D eigenvalue weighted by atomic mass is 9.75. The van der Waals surface area contributed by atoms with E-state index in [9.17, 15) is 8.78 Å². The number of nitrogens with zero attached hydrogens (tertiary/aromatic N) is 1. The molecule has 0 radical (unpaired) electrons. The van der Waals surface area contributed by atoms with Gasteiger partial charge in [0.1, 0.15) is 0 Å². The van der Waals surface area contributed by atoms with Crippen LogP contribution in [0.1, 0.15) is 30.4 Å². The molecule has 144 valence electrons. The summed E-state index contributed by atoms with van der Waals surface area (Å²) in [7, 11) is 1.88. The van der Waals surface area contributed by atoms with E-state index in [4.69, 9.17) is 5.73 Å². The van der Waals surface area contributed by atoms with E-state index >= 15 is 0 Å². The standard InChI is InChI=1S/C21H26F2N4/c1-13-9-17(21(25-2)27-12-14-5-4-8-26-11-14)19(24)10-16(13)15-6-3-7-18(22)20(15)23/h3-9,11,16-17,19,21,25,27H,10,12,24H2,1-2H3. The lowest BCUT2D eigenvalue weighted by Crippen LogP contribution is -2.52. The lowest BCUT2D eigenvalue weighted by molar-refractivity contribution is 0.289. The highest BCUT2D eigenvalue weighted by molar-refractivity contribution is 5.33. The summed E-state index contributed by atoms with van der Waals surface area (Å²) in [5.41, 5.74) is 8.92. The Labute approximate surface area is 158 Å². The Kier molecular flexibility index (Phi) is 6.31. The summed E-state index contributed by atoms with van der Waals surface area (Å²) in [5.74, 6) is -1.76. The molecule has 3 rings (SSSR count). The van der Waals surface area contributed by atoms with Crippen LogP contribution in [0.2, 0.25) is 0 Å². The van der Waals surface area contributed by atoms with Crippen molar-refractivity contribution in [1.82, 2.24) is 15.6 Å². The van der Waals surface area contributed by atoms with Gasteiger partial charge in [0.25, 0.3) is 0 Å². The molecule has 4 unspecified atom stereocenters. The van der Waals surface area contributed by atoms with Crippen LogP contribution in [0.4, 0.5) is 8.78 Å². The summed E-state index contributed by atoms with van der Waals surface area (Å²) in [4.78, 5) is 4.12. The number of nitrogens with one attached hydrogen (secondary N) is 2. The van der Waals surface area contributed by atoms with Gasteiger partial charge >= 0.3 is 0 Å². The zero-order valence-corrected chi connectivity index (χ0v) is 15.6. The van der Waals surface area contributed by atoms with E-state index in [1.807, 2.05) is 32.3 Å². The third-order valence-electron chi connectivity index (χ3n) is 5.31. The van der Waals surface area contributed by atoms with Gasteiger partial charge in [-0.05, 0) is 43.7 Å². The molecule has 0 saturated carbocycles. The molecule has 4 nitrogen and oxygen atoms in total. The number of allylic oxidation sites excluding steroid dienone is 1. The minimum absolute atomic E-state index is 0.0338. The Morgan fingerprint density at radius 2 is 2.07 bits per heavy atom. The molecule has 6 heteroatoms. The minimum atomic E-state index is -0.817. The number of benzene rings is 1. The van der Waals surface area contributed by atoms with Crippen LogP contribution < -0.4 is 16.4 Å². The van der Waals surface area contributed by atoms with Crippen molar-refractivity contribution in [2.24, 2.45) is 11.7 Å². The largest absolute Gasteiger partial charge is 0.327 e. The van der Waals surface area contributed by atoms with Crippen LogP contribution in [-0.4, -0.2) is 24.2 Å². The maximum absolute atomic E-state index is 14.2. The van der Waals surface area contributed by atoms with E-state index in [0.29, 0.717) is 18.5 Å². The second kappa shape index (κ2) is 8.69. The predicted molar refractivity (Wildman–Crippen MR) is 103 cm³/mol. The molecule has 0 saturated heterocycles. The molecule has 4 N–H and O–H groups in total. The van der Waals surface area contributed by atoms with Crippen molar-refractivity contribution < 1.29 is 8.78 Å². The van der Waals surface area contributed by atoms with E-state index in [-0.39, 0.29) is 24.0 Å². The van der Waals surface area contributed by atoms with Gasteiger partial charge in [-0.15, -0.1) is 0 Å². The average Bonchev–Trinajstić information content (AvgIpc) is 2.68. The minimum Gasteiger partial charge on any atom is -0.327 e. The molecule has 1 aliphatic rings. The maximum atomic E-state index is 14.2. The van der Waals surface area contributed by atoms with Gasteiger partial charge in [-0.2, -0.15) is 0 Å². The van der Waals surface area contributed by atoms with Crippen LogP contribution in [0, 0.1) is 17.6 Å². The highest BCUT2D eigenvalue weighted by atomic mass is 19.2. The molecule has 0 aliphatic heterocycles. The highest BCUT2D eigenvalue weighted by Crippen LogP contribution is 2.37. The Balaban J connectivity index is 1.76. The monoisotopic (exact) mass is 372 g/mol. The van der Waals surface area contributed by atoms with Gasteiger partial charge in [0, 0.05) is 36.8 Å². The van der Waals surface area contributed by atoms with Crippen LogP contribution in [0.25, 0.3) is 0 Å². The van der Waals surface area contributed by atoms with Gasteiger partial charge in [-0.1, -0.05) is 29.8 Å². The van der Waals surface area contributed by atoms with Gasteiger partial charge in [-0.25, -0.2) is 8.78 Å². The molecule has 0 amide bonds. The number of rotatable bonds is 6. The Bertz CT molecular complexity index is 794. The molecule has 4 atom stereocenters. The quantitative estimate of drug-likeness (QED) is 0.539. The summed E-state index contributed by atoms with van der Waals surface area (Å²) in [6, 6.07) is 8.06. The number of halogens is 2. The first kappa shape index (κ1) is 19.6. The number of hydrogen-bond donors (Lipinski definition) is 3. The lowest BCUT2D eigenvalue weighted by Gasteiger charge is -2.37. The van der Waals surface area contributed by atoms with Gasteiger partial charge < -0.3 is 11.1 Å². The zero-order chi connectivity index (χ0) is 19.4. The van der Waals surface area contributed by atoms with E-state index in [1.54, 1.807) is 18.3 Å². The first-order chi connectivity index (χ1) is 13.0. The number of nitrogens with two attached hydrogens (primary N) is 1. The summed E-state index contributed by atoms with van der Waals surface area (Å²) in [6.07, 6.45) is 6.19. The van der Waals surface area contributed by atoms with Crippen molar-refractivity contribution in [1.29, 1.82) is 0 Å². The van der Waals surface area contributed by atoms with Crippen LogP contribution in [0.3, 0.4) is 0 Å². The van der Waals surface area contributed by atoms with Crippen molar-refractivity contribution in [2.75, 3.05) is 7.05 Å². The maximum Gasteiger partial charge on any atom is 0.162 e. The Hall–Kier alpha value is -2.15. The van der Waals surface area contributed by atoms with Crippen LogP contribution in [0.15, 0.2) is 54.4 Å². The summed E-state index contributed by atoms with van der Waals surface area (Å²) in [5, 5.41) is 6.75. The third kappa shape index (κ3) is 4.40. The molecule has 0 fully saturated rings. The predicted octanol–water partition coefficient (Wildman–Crippen LogP) is 3.07. The van der Waals surface area contributed by atoms with Crippen molar-refractivity contribution in [2.45, 2.75) is 38.0 Å². The molecule has 2 aromatic rings. The number of pyridine rings is 1. The van der Waals surface area contributed by atoms with Gasteiger partial charge in [0.2, 0.25) is 0 Å². The van der Waals surface area contributed by atoms with Crippen molar-refractivity contribution in [3.63, 3.8) is 0 Å². The number of hydrogen-bond acceptors (Lipinski definition) is 4. The Morgan fingerprint density at radius 1 is 1.26 bits per heavy atom. The molecule has 0 spiro atoms. The number of aromatic nitrogens is 1. The SMILES string of the molecule is CNC(NCc1cccnc1)C1C=C(C)C(c2cccc(F)c2F)CC1N. The summed E-state index contributed by atoms with van der Waals surface area (Å²) in [6.45, 7) is 2.62. The first-order valence-corrected chi connectivity index (χ1v) is 9.18. The van der Waals surface area contributed by atoms with Gasteiger partial charge in [0.15, 0.2) is 11.6 Å². The third-order valence-corrected chi connectivity index (χ3v) is 5.31. The smallest absolute Gasteiger partial charge is 0.162 e. The first-order valence-electron chi connectivity index (χ1n) is 9.18. The summed E-state index contributed by atoms with van der Waals surface area (Å²) < 4.78 is 27.9. The topological polar surface area (TPSA) is 63.0 Å². The van der Waals surface area contributed by atoms with Crippen molar-refractivity contribution in [3.05, 3.63) is 77.1 Å². The molecule has 27 heavy (non-hydrogen) atoms. The highest BCUT2D eigenvalue weighted by Gasteiger charge is 2.33. The molecule has 1 aliphatic carbocycles. The van der Waals surface area contributed by atoms with Crippen LogP contribution in [-0.2, 0) is 6.54 Å². The molecule has 1 heterocycles. The van der Waals surface area contributed by atoms with Gasteiger partial charge in [-0.3, -0.25) is 10.3 Å². The van der Waals surface area contributed by atoms with Crippen molar-refractivity contribution >= 4 is 0 Å². The van der Waals surface area contributed by atoms with E-state index in [0.717, 1.165) is 17.2 Å². The Morgan fingerprint density at radius 3 is 2.78 bits per heavy atom. The van der Waals surface area contributed by atoms with Gasteiger partial charge in [0.05, 0.1) is 6.17 Å². The molecule has 0 bridgehead atoms. The van der Waals surface area contributed by atoms with Crippen molar-refractivity contribution in [3.8, 4) is 0 Å². The normalized spacial score (nSPS) is 23.7.